The van der Waals surface area contributed by atoms with Gasteiger partial charge in [-0.05, 0) is 30.7 Å². The molecule has 0 bridgehead atoms. The number of amides is 1. The first kappa shape index (κ1) is 17.7. The average molecular weight is 363 g/mol. The van der Waals surface area contributed by atoms with Gasteiger partial charge in [-0.25, -0.2) is 13.2 Å². The van der Waals surface area contributed by atoms with Gasteiger partial charge in [0.2, 0.25) is 5.91 Å². The van der Waals surface area contributed by atoms with Gasteiger partial charge in [-0.3, -0.25) is 14.2 Å². The van der Waals surface area contributed by atoms with Gasteiger partial charge in [-0.2, -0.15) is 10.2 Å². The first-order valence-corrected chi connectivity index (χ1v) is 7.80. The summed E-state index contributed by atoms with van der Waals surface area (Å²) in [5, 5.41) is 10.5. The molecule has 0 aliphatic rings. The molecule has 0 aliphatic carbocycles. The van der Waals surface area contributed by atoms with Crippen molar-refractivity contribution >= 4 is 11.6 Å². The third kappa shape index (κ3) is 4.29. The van der Waals surface area contributed by atoms with Crippen LogP contribution >= 0.6 is 0 Å². The standard InChI is InChI=1S/C17H16F3N5O/c1-11-6-15(17(19)20)23-25(11)10-16(26)22-14-7-21-24(9-14)8-12-2-4-13(18)5-3-12/h2-7,9,17H,8,10H2,1H3,(H,22,26). The number of carbonyl (C=O) groups is 1. The number of halogens is 3. The van der Waals surface area contributed by atoms with Crippen molar-refractivity contribution in [2.45, 2.75) is 26.4 Å². The number of carbonyl (C=O) groups excluding carboxylic acids is 1. The van der Waals surface area contributed by atoms with Crippen LogP contribution in [0.15, 0.2) is 42.7 Å². The van der Waals surface area contributed by atoms with Crippen LogP contribution in [0.5, 0.6) is 0 Å². The Kier molecular flexibility index (Phi) is 5.06. The van der Waals surface area contributed by atoms with Crippen molar-refractivity contribution in [2.75, 3.05) is 5.32 Å². The van der Waals surface area contributed by atoms with Gasteiger partial charge in [0.1, 0.15) is 18.1 Å². The van der Waals surface area contributed by atoms with Crippen molar-refractivity contribution in [1.82, 2.24) is 19.6 Å². The lowest BCUT2D eigenvalue weighted by molar-refractivity contribution is -0.117. The van der Waals surface area contributed by atoms with Gasteiger partial charge in [0, 0.05) is 11.9 Å². The molecule has 0 atom stereocenters. The first-order valence-electron chi connectivity index (χ1n) is 7.80. The molecule has 0 spiro atoms. The number of anilines is 1. The summed E-state index contributed by atoms with van der Waals surface area (Å²) in [6.45, 7) is 1.85. The van der Waals surface area contributed by atoms with Crippen LogP contribution in [0.4, 0.5) is 18.9 Å². The molecule has 0 saturated carbocycles. The maximum absolute atomic E-state index is 12.9. The predicted octanol–water partition coefficient (Wildman–Crippen LogP) is 3.15. The van der Waals surface area contributed by atoms with Crippen LogP contribution in [0.1, 0.15) is 23.4 Å². The van der Waals surface area contributed by atoms with Gasteiger partial charge in [-0.1, -0.05) is 12.1 Å². The molecule has 1 amide bonds. The smallest absolute Gasteiger partial charge is 0.282 e. The molecule has 0 aliphatic heterocycles. The number of nitrogens with zero attached hydrogens (tertiary/aromatic N) is 4. The highest BCUT2D eigenvalue weighted by Gasteiger charge is 2.15. The van der Waals surface area contributed by atoms with E-state index in [0.717, 1.165) is 5.56 Å². The van der Waals surface area contributed by atoms with E-state index >= 15 is 0 Å². The topological polar surface area (TPSA) is 64.7 Å². The van der Waals surface area contributed by atoms with E-state index in [1.807, 2.05) is 0 Å². The number of aryl methyl sites for hydroxylation is 1. The summed E-state index contributed by atoms with van der Waals surface area (Å²) in [5.41, 5.74) is 1.44. The van der Waals surface area contributed by atoms with E-state index in [9.17, 15) is 18.0 Å². The lowest BCUT2D eigenvalue weighted by Crippen LogP contribution is -2.20. The summed E-state index contributed by atoms with van der Waals surface area (Å²) in [6, 6.07) is 7.27. The molecule has 2 heterocycles. The zero-order chi connectivity index (χ0) is 18.7. The number of hydrogen-bond acceptors (Lipinski definition) is 3. The Morgan fingerprint density at radius 3 is 2.65 bits per heavy atom. The van der Waals surface area contributed by atoms with Crippen LogP contribution < -0.4 is 5.32 Å². The zero-order valence-electron chi connectivity index (χ0n) is 13.9. The molecule has 2 aromatic heterocycles. The van der Waals surface area contributed by atoms with Gasteiger partial charge in [0.25, 0.3) is 6.43 Å². The number of rotatable bonds is 6. The molecule has 1 N–H and O–H groups in total. The number of nitrogens with one attached hydrogen (secondary N) is 1. The van der Waals surface area contributed by atoms with Crippen LogP contribution in [0, 0.1) is 12.7 Å². The zero-order valence-corrected chi connectivity index (χ0v) is 13.9. The van der Waals surface area contributed by atoms with Crippen molar-refractivity contribution in [3.63, 3.8) is 0 Å². The number of alkyl halides is 2. The maximum Gasteiger partial charge on any atom is 0.282 e. The highest BCUT2D eigenvalue weighted by molar-refractivity contribution is 5.90. The van der Waals surface area contributed by atoms with Crippen LogP contribution in [0.3, 0.4) is 0 Å². The van der Waals surface area contributed by atoms with Crippen molar-refractivity contribution in [3.8, 4) is 0 Å². The summed E-state index contributed by atoms with van der Waals surface area (Å²) in [4.78, 5) is 12.1. The molecular weight excluding hydrogens is 347 g/mol. The second-order valence-corrected chi connectivity index (χ2v) is 5.77. The summed E-state index contributed by atoms with van der Waals surface area (Å²) in [7, 11) is 0. The summed E-state index contributed by atoms with van der Waals surface area (Å²) in [5.74, 6) is -0.718. The number of hydrogen-bond donors (Lipinski definition) is 1. The molecule has 1 aromatic carbocycles. The quantitative estimate of drug-likeness (QED) is 0.732. The van der Waals surface area contributed by atoms with Gasteiger partial charge in [-0.15, -0.1) is 0 Å². The second-order valence-electron chi connectivity index (χ2n) is 5.77. The molecule has 3 aromatic rings. The highest BCUT2D eigenvalue weighted by Crippen LogP contribution is 2.18. The van der Waals surface area contributed by atoms with Gasteiger partial charge < -0.3 is 5.32 Å². The van der Waals surface area contributed by atoms with Crippen molar-refractivity contribution in [3.05, 3.63) is 65.5 Å². The minimum Gasteiger partial charge on any atom is -0.322 e. The van der Waals surface area contributed by atoms with E-state index in [1.54, 1.807) is 29.9 Å². The van der Waals surface area contributed by atoms with E-state index in [4.69, 9.17) is 0 Å². The largest absolute Gasteiger partial charge is 0.322 e. The monoisotopic (exact) mass is 363 g/mol. The lowest BCUT2D eigenvalue weighted by atomic mass is 10.2. The van der Waals surface area contributed by atoms with Crippen LogP contribution in [-0.4, -0.2) is 25.5 Å². The van der Waals surface area contributed by atoms with Crippen molar-refractivity contribution < 1.29 is 18.0 Å². The fraction of sp³-hybridized carbons (Fsp3) is 0.235. The van der Waals surface area contributed by atoms with Gasteiger partial charge in [0.05, 0.1) is 18.4 Å². The number of aromatic nitrogens is 4. The Balaban J connectivity index is 1.60. The molecule has 0 radical (unpaired) electrons. The molecule has 0 unspecified atom stereocenters. The average Bonchev–Trinajstić information content (AvgIpc) is 3.17. The van der Waals surface area contributed by atoms with E-state index in [1.165, 1.54) is 29.1 Å². The molecule has 26 heavy (non-hydrogen) atoms. The summed E-state index contributed by atoms with van der Waals surface area (Å²) < 4.78 is 41.0. The molecule has 6 nitrogen and oxygen atoms in total. The van der Waals surface area contributed by atoms with Gasteiger partial charge in [0.15, 0.2) is 0 Å². The van der Waals surface area contributed by atoms with Crippen molar-refractivity contribution in [1.29, 1.82) is 0 Å². The maximum atomic E-state index is 12.9. The van der Waals surface area contributed by atoms with Crippen molar-refractivity contribution in [2.24, 2.45) is 0 Å². The molecule has 0 saturated heterocycles. The summed E-state index contributed by atoms with van der Waals surface area (Å²) >= 11 is 0. The number of benzene rings is 1. The molecule has 136 valence electrons. The minimum atomic E-state index is -2.68. The van der Waals surface area contributed by atoms with Crippen LogP contribution in [-0.2, 0) is 17.9 Å². The normalized spacial score (nSPS) is 11.1. The predicted molar refractivity (Wildman–Crippen MR) is 88.3 cm³/mol. The Hall–Kier alpha value is -3.10. The SMILES string of the molecule is Cc1cc(C(F)F)nn1CC(=O)Nc1cnn(Cc2ccc(F)cc2)c1. The third-order valence-electron chi connectivity index (χ3n) is 3.69. The lowest BCUT2D eigenvalue weighted by Gasteiger charge is -2.05. The van der Waals surface area contributed by atoms with E-state index in [2.05, 4.69) is 15.5 Å². The first-order chi connectivity index (χ1) is 12.4. The van der Waals surface area contributed by atoms with E-state index < -0.39 is 12.3 Å². The minimum absolute atomic E-state index is 0.179. The Bertz CT molecular complexity index is 902. The Morgan fingerprint density at radius 2 is 2.00 bits per heavy atom. The summed E-state index contributed by atoms with van der Waals surface area (Å²) in [6.07, 6.45) is 0.423. The van der Waals surface area contributed by atoms with E-state index in [-0.39, 0.29) is 18.1 Å². The second kappa shape index (κ2) is 7.42. The van der Waals surface area contributed by atoms with Gasteiger partial charge >= 0.3 is 0 Å². The molecular formula is C17H16F3N5O. The van der Waals surface area contributed by atoms with Crippen LogP contribution in [0.25, 0.3) is 0 Å². The van der Waals surface area contributed by atoms with E-state index in [0.29, 0.717) is 17.9 Å². The Morgan fingerprint density at radius 1 is 1.27 bits per heavy atom. The molecule has 0 fully saturated rings. The molecule has 9 heteroatoms. The highest BCUT2D eigenvalue weighted by atomic mass is 19.3. The van der Waals surface area contributed by atoms with Crippen LogP contribution in [0.2, 0.25) is 0 Å². The fourth-order valence-corrected chi connectivity index (χ4v) is 2.43. The Labute approximate surface area is 147 Å². The fourth-order valence-electron chi connectivity index (χ4n) is 2.43. The molecule has 3 rings (SSSR count). The third-order valence-corrected chi connectivity index (χ3v) is 3.69.